The Hall–Kier alpha value is -0.650. The van der Waals surface area contributed by atoms with Crippen molar-refractivity contribution in [3.05, 3.63) is 0 Å². The third-order valence-electron chi connectivity index (χ3n) is 3.30. The molecule has 1 fully saturated rings. The van der Waals surface area contributed by atoms with Gasteiger partial charge in [0, 0.05) is 25.7 Å². The molecule has 0 heterocycles. The van der Waals surface area contributed by atoms with Gasteiger partial charge in [0.05, 0.1) is 6.61 Å². The van der Waals surface area contributed by atoms with Gasteiger partial charge in [-0.1, -0.05) is 0 Å². The second-order valence-electron chi connectivity index (χ2n) is 5.28. The topological polar surface area (TPSA) is 61.8 Å². The van der Waals surface area contributed by atoms with Gasteiger partial charge >= 0.3 is 5.97 Å². The van der Waals surface area contributed by atoms with Crippen LogP contribution in [0.5, 0.6) is 0 Å². The van der Waals surface area contributed by atoms with Crippen LogP contribution in [0, 0.1) is 0 Å². The number of hydrogen-bond donors (Lipinski definition) is 2. The minimum absolute atomic E-state index is 0.208. The highest BCUT2D eigenvalue weighted by molar-refractivity contribution is 5.78. The van der Waals surface area contributed by atoms with Crippen LogP contribution in [0.2, 0.25) is 0 Å². The maximum absolute atomic E-state index is 11.4. The maximum atomic E-state index is 11.4. The van der Waals surface area contributed by atoms with Gasteiger partial charge < -0.3 is 9.84 Å². The molecular weight excluding hydrogens is 220 g/mol. The summed E-state index contributed by atoms with van der Waals surface area (Å²) in [6.07, 6.45) is 2.17. The first-order valence-corrected chi connectivity index (χ1v) is 6.09. The number of rotatable bonds is 8. The van der Waals surface area contributed by atoms with Crippen molar-refractivity contribution in [3.8, 4) is 0 Å². The molecule has 2 atom stereocenters. The van der Waals surface area contributed by atoms with Crippen LogP contribution in [0.4, 0.5) is 0 Å². The largest absolute Gasteiger partial charge is 0.480 e. The first kappa shape index (κ1) is 14.4. The van der Waals surface area contributed by atoms with E-state index in [9.17, 15) is 9.90 Å². The fourth-order valence-corrected chi connectivity index (χ4v) is 1.88. The molecule has 0 aromatic rings. The molecule has 1 rings (SSSR count). The lowest BCUT2D eigenvalue weighted by atomic mass is 10.0. The highest BCUT2D eigenvalue weighted by Crippen LogP contribution is 2.23. The third-order valence-corrected chi connectivity index (χ3v) is 3.30. The van der Waals surface area contributed by atoms with Crippen molar-refractivity contribution in [1.82, 2.24) is 10.2 Å². The Kier molecular flexibility index (Phi) is 4.91. The van der Waals surface area contributed by atoms with E-state index in [1.165, 1.54) is 0 Å². The van der Waals surface area contributed by atoms with Crippen LogP contribution in [-0.2, 0) is 9.53 Å². The number of hydrogen-bond acceptors (Lipinski definition) is 4. The molecule has 100 valence electrons. The predicted molar refractivity (Wildman–Crippen MR) is 66.2 cm³/mol. The van der Waals surface area contributed by atoms with Crippen molar-refractivity contribution in [2.24, 2.45) is 0 Å². The van der Waals surface area contributed by atoms with E-state index in [2.05, 4.69) is 5.32 Å². The van der Waals surface area contributed by atoms with Gasteiger partial charge in [0.1, 0.15) is 5.54 Å². The van der Waals surface area contributed by atoms with E-state index in [0.29, 0.717) is 19.2 Å². The smallest absolute Gasteiger partial charge is 0.324 e. The van der Waals surface area contributed by atoms with E-state index in [-0.39, 0.29) is 6.04 Å². The van der Waals surface area contributed by atoms with E-state index < -0.39 is 11.5 Å². The standard InChI is InChI=1S/C12H24N2O3/c1-9(7-17-4)14(3)8-12(2,11(15)16)13-10-5-6-10/h9-10,13H,5-8H2,1-4H3,(H,15,16). The fourth-order valence-electron chi connectivity index (χ4n) is 1.88. The van der Waals surface area contributed by atoms with E-state index in [1.54, 1.807) is 14.0 Å². The average Bonchev–Trinajstić information content (AvgIpc) is 3.01. The van der Waals surface area contributed by atoms with E-state index >= 15 is 0 Å². The monoisotopic (exact) mass is 244 g/mol. The van der Waals surface area contributed by atoms with Crippen molar-refractivity contribution in [2.75, 3.05) is 27.3 Å². The van der Waals surface area contributed by atoms with Crippen molar-refractivity contribution >= 4 is 5.97 Å². The van der Waals surface area contributed by atoms with Gasteiger partial charge in [-0.15, -0.1) is 0 Å². The van der Waals surface area contributed by atoms with Crippen molar-refractivity contribution < 1.29 is 14.6 Å². The Labute approximate surface area is 103 Å². The third kappa shape index (κ3) is 4.26. The maximum Gasteiger partial charge on any atom is 0.324 e. The number of ether oxygens (including phenoxy) is 1. The molecule has 0 aromatic heterocycles. The zero-order valence-electron chi connectivity index (χ0n) is 11.2. The molecule has 2 unspecified atom stereocenters. The van der Waals surface area contributed by atoms with Crippen LogP contribution in [0.15, 0.2) is 0 Å². The molecule has 1 saturated carbocycles. The molecular formula is C12H24N2O3. The summed E-state index contributed by atoms with van der Waals surface area (Å²) in [5.41, 5.74) is -0.877. The van der Waals surface area contributed by atoms with Gasteiger partial charge in [-0.05, 0) is 33.7 Å². The summed E-state index contributed by atoms with van der Waals surface area (Å²) >= 11 is 0. The fraction of sp³-hybridized carbons (Fsp3) is 0.917. The second-order valence-corrected chi connectivity index (χ2v) is 5.28. The highest BCUT2D eigenvalue weighted by Gasteiger charge is 2.39. The van der Waals surface area contributed by atoms with E-state index in [0.717, 1.165) is 12.8 Å². The minimum atomic E-state index is -0.877. The molecule has 0 aromatic carbocycles. The highest BCUT2D eigenvalue weighted by atomic mass is 16.5. The van der Waals surface area contributed by atoms with Crippen LogP contribution in [0.3, 0.4) is 0 Å². The summed E-state index contributed by atoms with van der Waals surface area (Å²) in [6, 6.07) is 0.585. The summed E-state index contributed by atoms with van der Waals surface area (Å²) < 4.78 is 5.08. The number of carbonyl (C=O) groups is 1. The summed E-state index contributed by atoms with van der Waals surface area (Å²) in [5.74, 6) is -0.791. The zero-order chi connectivity index (χ0) is 13.1. The molecule has 0 amide bonds. The average molecular weight is 244 g/mol. The molecule has 0 spiro atoms. The lowest BCUT2D eigenvalue weighted by molar-refractivity contribution is -0.145. The Balaban J connectivity index is 2.55. The molecule has 0 bridgehead atoms. The Bertz CT molecular complexity index is 268. The predicted octanol–water partition coefficient (Wildman–Crippen LogP) is 0.548. The van der Waals surface area contributed by atoms with Crippen molar-refractivity contribution in [3.63, 3.8) is 0 Å². The number of nitrogens with one attached hydrogen (secondary N) is 1. The lowest BCUT2D eigenvalue weighted by Crippen LogP contribution is -2.58. The molecule has 1 aliphatic rings. The molecule has 0 radical (unpaired) electrons. The minimum Gasteiger partial charge on any atom is -0.480 e. The summed E-state index contributed by atoms with van der Waals surface area (Å²) in [5, 5.41) is 12.6. The first-order chi connectivity index (χ1) is 7.89. The number of carboxylic acids is 1. The molecule has 1 aliphatic carbocycles. The molecule has 0 saturated heterocycles. The number of aliphatic carboxylic acids is 1. The van der Waals surface area contributed by atoms with Crippen LogP contribution in [0.1, 0.15) is 26.7 Å². The SMILES string of the molecule is COCC(C)N(C)CC(C)(NC1CC1)C(=O)O. The van der Waals surface area contributed by atoms with Gasteiger partial charge in [0.15, 0.2) is 0 Å². The Morgan fingerprint density at radius 1 is 1.65 bits per heavy atom. The zero-order valence-corrected chi connectivity index (χ0v) is 11.2. The summed E-state index contributed by atoms with van der Waals surface area (Å²) in [7, 11) is 3.59. The van der Waals surface area contributed by atoms with Crippen LogP contribution < -0.4 is 5.32 Å². The van der Waals surface area contributed by atoms with Gasteiger partial charge in [0.2, 0.25) is 0 Å². The molecule has 2 N–H and O–H groups in total. The van der Waals surface area contributed by atoms with Crippen LogP contribution in [0.25, 0.3) is 0 Å². The normalized spacial score (nSPS) is 21.2. The van der Waals surface area contributed by atoms with Crippen LogP contribution in [-0.4, -0.2) is 60.9 Å². The molecule has 17 heavy (non-hydrogen) atoms. The molecule has 0 aliphatic heterocycles. The van der Waals surface area contributed by atoms with Gasteiger partial charge in [-0.2, -0.15) is 0 Å². The number of carboxylic acid groups (broad SMARTS) is 1. The quantitative estimate of drug-likeness (QED) is 0.653. The second kappa shape index (κ2) is 5.80. The van der Waals surface area contributed by atoms with Gasteiger partial charge in [0.25, 0.3) is 0 Å². The Morgan fingerprint density at radius 2 is 2.24 bits per heavy atom. The lowest BCUT2D eigenvalue weighted by Gasteiger charge is -2.34. The number of likely N-dealkylation sites (N-methyl/N-ethyl adjacent to an activating group) is 1. The Morgan fingerprint density at radius 3 is 2.65 bits per heavy atom. The van der Waals surface area contributed by atoms with E-state index in [1.807, 2.05) is 18.9 Å². The first-order valence-electron chi connectivity index (χ1n) is 6.09. The summed E-state index contributed by atoms with van der Waals surface area (Å²) in [6.45, 7) is 4.87. The number of methoxy groups -OCH3 is 1. The molecule has 5 heteroatoms. The van der Waals surface area contributed by atoms with Crippen LogP contribution >= 0.6 is 0 Å². The summed E-state index contributed by atoms with van der Waals surface area (Å²) in [4.78, 5) is 13.4. The van der Waals surface area contributed by atoms with Gasteiger partial charge in [-0.3, -0.25) is 15.0 Å². The molecule has 5 nitrogen and oxygen atoms in total. The van der Waals surface area contributed by atoms with Gasteiger partial charge in [-0.25, -0.2) is 0 Å². The van der Waals surface area contributed by atoms with Crippen molar-refractivity contribution in [2.45, 2.75) is 44.3 Å². The van der Waals surface area contributed by atoms with E-state index in [4.69, 9.17) is 4.74 Å². The van der Waals surface area contributed by atoms with Crippen molar-refractivity contribution in [1.29, 1.82) is 0 Å². The number of nitrogens with zero attached hydrogens (tertiary/aromatic N) is 1.